The first-order chi connectivity index (χ1) is 13.0. The van der Waals surface area contributed by atoms with E-state index >= 15 is 0 Å². The van der Waals surface area contributed by atoms with E-state index in [1.54, 1.807) is 0 Å². The summed E-state index contributed by atoms with van der Waals surface area (Å²) in [4.78, 5) is 26.5. The lowest BCUT2D eigenvalue weighted by atomic mass is 10.1. The molecule has 1 heterocycles. The Balaban J connectivity index is 1.51. The molecule has 1 fully saturated rings. The van der Waals surface area contributed by atoms with Gasteiger partial charge in [0.2, 0.25) is 5.91 Å². The number of nitrogens with one attached hydrogen (secondary N) is 2. The predicted molar refractivity (Wildman–Crippen MR) is 103 cm³/mol. The van der Waals surface area contributed by atoms with E-state index in [0.717, 1.165) is 12.0 Å². The molecular formula is C20H21ClFN3O2. The molecule has 0 aromatic heterocycles. The molecule has 0 unspecified atom stereocenters. The highest BCUT2D eigenvalue weighted by molar-refractivity contribution is 6.30. The first kappa shape index (κ1) is 19.2. The minimum Gasteiger partial charge on any atom is -0.354 e. The quantitative estimate of drug-likeness (QED) is 0.816. The molecule has 3 amide bonds. The fraction of sp³-hybridized carbons (Fsp3) is 0.300. The molecule has 1 atom stereocenters. The van der Waals surface area contributed by atoms with Gasteiger partial charge in [-0.1, -0.05) is 23.7 Å². The topological polar surface area (TPSA) is 61.4 Å². The van der Waals surface area contributed by atoms with Crippen molar-refractivity contribution >= 4 is 29.2 Å². The van der Waals surface area contributed by atoms with Crippen molar-refractivity contribution in [3.05, 3.63) is 64.9 Å². The van der Waals surface area contributed by atoms with E-state index < -0.39 is 6.04 Å². The van der Waals surface area contributed by atoms with Gasteiger partial charge in [0.05, 0.1) is 0 Å². The third-order valence-corrected chi connectivity index (χ3v) is 4.79. The average molecular weight is 390 g/mol. The van der Waals surface area contributed by atoms with E-state index in [9.17, 15) is 14.0 Å². The third kappa shape index (κ3) is 5.20. The van der Waals surface area contributed by atoms with Crippen LogP contribution in [0.5, 0.6) is 0 Å². The number of carbonyl (C=O) groups excluding carboxylic acids is 2. The number of hydrogen-bond acceptors (Lipinski definition) is 2. The molecular weight excluding hydrogens is 369 g/mol. The number of benzene rings is 2. The Morgan fingerprint density at radius 3 is 2.52 bits per heavy atom. The van der Waals surface area contributed by atoms with Crippen LogP contribution in [-0.2, 0) is 11.2 Å². The molecule has 2 N–H and O–H groups in total. The van der Waals surface area contributed by atoms with Crippen LogP contribution in [0.4, 0.5) is 14.9 Å². The summed E-state index contributed by atoms with van der Waals surface area (Å²) in [6.45, 7) is 1.01. The maximum absolute atomic E-state index is 13.0. The molecule has 7 heteroatoms. The average Bonchev–Trinajstić information content (AvgIpc) is 3.15. The molecule has 2 aromatic rings. The van der Waals surface area contributed by atoms with Crippen molar-refractivity contribution in [3.63, 3.8) is 0 Å². The van der Waals surface area contributed by atoms with Gasteiger partial charge < -0.3 is 15.5 Å². The van der Waals surface area contributed by atoms with Crippen molar-refractivity contribution in [1.29, 1.82) is 0 Å². The Kier molecular flexibility index (Phi) is 6.29. The van der Waals surface area contributed by atoms with Crippen LogP contribution in [0.1, 0.15) is 18.4 Å². The number of carbonyl (C=O) groups is 2. The molecule has 2 aromatic carbocycles. The van der Waals surface area contributed by atoms with Gasteiger partial charge in [-0.25, -0.2) is 9.18 Å². The number of amides is 3. The Bertz CT molecular complexity index is 796. The van der Waals surface area contributed by atoms with Crippen LogP contribution in [0.25, 0.3) is 0 Å². The lowest BCUT2D eigenvalue weighted by molar-refractivity contribution is -0.124. The van der Waals surface area contributed by atoms with E-state index in [-0.39, 0.29) is 17.8 Å². The first-order valence-electron chi connectivity index (χ1n) is 8.88. The van der Waals surface area contributed by atoms with Crippen LogP contribution in [0.15, 0.2) is 48.5 Å². The molecule has 1 saturated heterocycles. The van der Waals surface area contributed by atoms with Gasteiger partial charge in [-0.15, -0.1) is 0 Å². The predicted octanol–water partition coefficient (Wildman–Crippen LogP) is 3.83. The summed E-state index contributed by atoms with van der Waals surface area (Å²) in [6.07, 6.45) is 2.09. The van der Waals surface area contributed by atoms with Crippen molar-refractivity contribution in [2.24, 2.45) is 0 Å². The maximum Gasteiger partial charge on any atom is 0.322 e. The summed E-state index contributed by atoms with van der Waals surface area (Å²) in [7, 11) is 0. The summed E-state index contributed by atoms with van der Waals surface area (Å²) >= 11 is 5.86. The van der Waals surface area contributed by atoms with Crippen molar-refractivity contribution in [2.75, 3.05) is 18.4 Å². The largest absolute Gasteiger partial charge is 0.354 e. The zero-order valence-electron chi connectivity index (χ0n) is 14.8. The zero-order valence-corrected chi connectivity index (χ0v) is 15.5. The van der Waals surface area contributed by atoms with Crippen LogP contribution >= 0.6 is 11.6 Å². The second-order valence-electron chi connectivity index (χ2n) is 6.46. The van der Waals surface area contributed by atoms with Crippen LogP contribution in [-0.4, -0.2) is 36.0 Å². The molecule has 3 rings (SSSR count). The van der Waals surface area contributed by atoms with Gasteiger partial charge in [0, 0.05) is 23.8 Å². The number of halogens is 2. The van der Waals surface area contributed by atoms with Crippen molar-refractivity contribution < 1.29 is 14.0 Å². The van der Waals surface area contributed by atoms with E-state index in [1.165, 1.54) is 29.2 Å². The number of hydrogen-bond donors (Lipinski definition) is 2. The second kappa shape index (κ2) is 8.86. The van der Waals surface area contributed by atoms with E-state index in [2.05, 4.69) is 10.6 Å². The van der Waals surface area contributed by atoms with E-state index in [1.807, 2.05) is 24.3 Å². The number of likely N-dealkylation sites (tertiary alicyclic amines) is 1. The first-order valence-corrected chi connectivity index (χ1v) is 9.26. The van der Waals surface area contributed by atoms with Gasteiger partial charge >= 0.3 is 6.03 Å². The SMILES string of the molecule is O=C(NCCc1ccc(Cl)cc1)[C@H]1CCCN1C(=O)Nc1ccc(F)cc1. The lowest BCUT2D eigenvalue weighted by Crippen LogP contribution is -2.47. The number of rotatable bonds is 5. The molecule has 142 valence electrons. The molecule has 27 heavy (non-hydrogen) atoms. The van der Waals surface area contributed by atoms with Gasteiger partial charge in [-0.05, 0) is 61.2 Å². The molecule has 0 spiro atoms. The molecule has 5 nitrogen and oxygen atoms in total. The highest BCUT2D eigenvalue weighted by atomic mass is 35.5. The van der Waals surface area contributed by atoms with Crippen molar-refractivity contribution in [1.82, 2.24) is 10.2 Å². The van der Waals surface area contributed by atoms with Gasteiger partial charge in [-0.2, -0.15) is 0 Å². The summed E-state index contributed by atoms with van der Waals surface area (Å²) in [5.74, 6) is -0.525. The maximum atomic E-state index is 13.0. The van der Waals surface area contributed by atoms with Crippen LogP contribution < -0.4 is 10.6 Å². The Hall–Kier alpha value is -2.60. The van der Waals surface area contributed by atoms with Gasteiger partial charge in [0.25, 0.3) is 0 Å². The fourth-order valence-electron chi connectivity index (χ4n) is 3.11. The van der Waals surface area contributed by atoms with Gasteiger partial charge in [-0.3, -0.25) is 4.79 Å². The standard InChI is InChI=1S/C20H21ClFN3O2/c21-15-5-3-14(4-6-15)11-12-23-19(26)18-2-1-13-25(18)20(27)24-17-9-7-16(22)8-10-17/h3-10,18H,1-2,11-13H2,(H,23,26)(H,24,27)/t18-/m1/s1. The van der Waals surface area contributed by atoms with Gasteiger partial charge in [0.1, 0.15) is 11.9 Å². The summed E-state index contributed by atoms with van der Waals surface area (Å²) in [6, 6.07) is 12.2. The minimum absolute atomic E-state index is 0.157. The molecule has 0 aliphatic carbocycles. The number of anilines is 1. The highest BCUT2D eigenvalue weighted by Gasteiger charge is 2.33. The fourth-order valence-corrected chi connectivity index (χ4v) is 3.24. The lowest BCUT2D eigenvalue weighted by Gasteiger charge is -2.24. The normalized spacial score (nSPS) is 16.2. The molecule has 1 aliphatic heterocycles. The summed E-state index contributed by atoms with van der Waals surface area (Å²) in [5.41, 5.74) is 1.58. The summed E-state index contributed by atoms with van der Waals surface area (Å²) < 4.78 is 13.0. The zero-order chi connectivity index (χ0) is 19.2. The van der Waals surface area contributed by atoms with Crippen LogP contribution in [0.3, 0.4) is 0 Å². The smallest absolute Gasteiger partial charge is 0.322 e. The highest BCUT2D eigenvalue weighted by Crippen LogP contribution is 2.19. The second-order valence-corrected chi connectivity index (χ2v) is 6.89. The Morgan fingerprint density at radius 1 is 1.11 bits per heavy atom. The van der Waals surface area contributed by atoms with E-state index in [0.29, 0.717) is 36.6 Å². The van der Waals surface area contributed by atoms with Crippen molar-refractivity contribution in [2.45, 2.75) is 25.3 Å². The molecule has 0 bridgehead atoms. The Labute approximate surface area is 162 Å². The van der Waals surface area contributed by atoms with E-state index in [4.69, 9.17) is 11.6 Å². The molecule has 1 aliphatic rings. The van der Waals surface area contributed by atoms with Crippen LogP contribution in [0.2, 0.25) is 5.02 Å². The number of urea groups is 1. The summed E-state index contributed by atoms with van der Waals surface area (Å²) in [5, 5.41) is 6.29. The van der Waals surface area contributed by atoms with Crippen molar-refractivity contribution in [3.8, 4) is 0 Å². The van der Waals surface area contributed by atoms with Gasteiger partial charge in [0.15, 0.2) is 0 Å². The molecule has 0 radical (unpaired) electrons. The third-order valence-electron chi connectivity index (χ3n) is 4.54. The minimum atomic E-state index is -0.490. The Morgan fingerprint density at radius 2 is 1.81 bits per heavy atom. The van der Waals surface area contributed by atoms with Crippen LogP contribution in [0, 0.1) is 5.82 Å². The monoisotopic (exact) mass is 389 g/mol. The molecule has 0 saturated carbocycles. The number of nitrogens with zero attached hydrogens (tertiary/aromatic N) is 1.